The number of hydrogen-bond donors (Lipinski definition) is 2. The summed E-state index contributed by atoms with van der Waals surface area (Å²) in [4.78, 5) is 23.4. The molecule has 0 aliphatic rings. The summed E-state index contributed by atoms with van der Waals surface area (Å²) in [5, 5.41) is 2.70. The number of hydrogen-bond acceptors (Lipinski definition) is 4. The molecule has 0 aliphatic heterocycles. The molecule has 1 heterocycles. The monoisotopic (exact) mass is 315 g/mol. The fourth-order valence-corrected chi connectivity index (χ4v) is 2.50. The van der Waals surface area contributed by atoms with E-state index in [0.29, 0.717) is 5.69 Å². The summed E-state index contributed by atoms with van der Waals surface area (Å²) < 4.78 is 3.76. The summed E-state index contributed by atoms with van der Waals surface area (Å²) in [6, 6.07) is 6.39. The fourth-order valence-electron chi connectivity index (χ4n) is 1.39. The third-order valence-corrected chi connectivity index (χ3v) is 4.04. The van der Waals surface area contributed by atoms with Gasteiger partial charge >= 0.3 is 0 Å². The SMILES string of the molecule is NC(=O)c1ccccc1NC(=O)c1snc(Cl)c1Cl. The van der Waals surface area contributed by atoms with Crippen LogP contribution in [0.3, 0.4) is 0 Å². The lowest BCUT2D eigenvalue weighted by Gasteiger charge is -2.07. The third-order valence-electron chi connectivity index (χ3n) is 2.24. The van der Waals surface area contributed by atoms with Crippen molar-refractivity contribution in [1.29, 1.82) is 0 Å². The number of para-hydroxylation sites is 1. The zero-order valence-corrected chi connectivity index (χ0v) is 11.6. The van der Waals surface area contributed by atoms with Crippen LogP contribution < -0.4 is 11.1 Å². The maximum absolute atomic E-state index is 12.0. The second-order valence-corrected chi connectivity index (χ2v) is 4.99. The van der Waals surface area contributed by atoms with Gasteiger partial charge in [0.15, 0.2) is 5.15 Å². The van der Waals surface area contributed by atoms with E-state index in [-0.39, 0.29) is 20.6 Å². The van der Waals surface area contributed by atoms with Crippen LogP contribution in [0.25, 0.3) is 0 Å². The largest absolute Gasteiger partial charge is 0.366 e. The van der Waals surface area contributed by atoms with Gasteiger partial charge in [-0.15, -0.1) is 0 Å². The Bertz CT molecular complexity index is 657. The number of nitrogens with two attached hydrogens (primary N) is 1. The minimum absolute atomic E-state index is 0.0694. The highest BCUT2D eigenvalue weighted by atomic mass is 35.5. The number of nitrogens with one attached hydrogen (secondary N) is 1. The molecular formula is C11H7Cl2N3O2S. The van der Waals surface area contributed by atoms with Crippen LogP contribution in [0, 0.1) is 0 Å². The molecule has 0 radical (unpaired) electrons. The van der Waals surface area contributed by atoms with Crippen LogP contribution in [-0.2, 0) is 0 Å². The van der Waals surface area contributed by atoms with E-state index in [4.69, 9.17) is 28.9 Å². The summed E-state index contributed by atoms with van der Waals surface area (Å²) in [5.74, 6) is -1.13. The van der Waals surface area contributed by atoms with E-state index >= 15 is 0 Å². The Balaban J connectivity index is 2.29. The molecule has 19 heavy (non-hydrogen) atoms. The molecule has 2 rings (SSSR count). The first-order valence-corrected chi connectivity index (χ1v) is 6.54. The van der Waals surface area contributed by atoms with Gasteiger partial charge in [-0.2, -0.15) is 4.37 Å². The van der Waals surface area contributed by atoms with Crippen LogP contribution in [0.4, 0.5) is 5.69 Å². The van der Waals surface area contributed by atoms with Gasteiger partial charge in [0.25, 0.3) is 11.8 Å². The van der Waals surface area contributed by atoms with Gasteiger partial charge in [0.1, 0.15) is 9.90 Å². The first kappa shape index (κ1) is 13.8. The molecule has 98 valence electrons. The summed E-state index contributed by atoms with van der Waals surface area (Å²) in [5.41, 5.74) is 5.73. The number of nitrogens with zero attached hydrogens (tertiary/aromatic N) is 1. The molecule has 0 aliphatic carbocycles. The Morgan fingerprint density at radius 1 is 1.26 bits per heavy atom. The number of halogens is 2. The predicted octanol–water partition coefficient (Wildman–Crippen LogP) is 2.80. The minimum Gasteiger partial charge on any atom is -0.366 e. The molecule has 0 saturated carbocycles. The molecule has 3 N–H and O–H groups in total. The van der Waals surface area contributed by atoms with Gasteiger partial charge in [-0.25, -0.2) is 0 Å². The molecule has 0 saturated heterocycles. The molecule has 1 aromatic heterocycles. The van der Waals surface area contributed by atoms with E-state index < -0.39 is 11.8 Å². The molecule has 0 fully saturated rings. The quantitative estimate of drug-likeness (QED) is 0.913. The molecule has 2 amide bonds. The summed E-state index contributed by atoms with van der Waals surface area (Å²) >= 11 is 12.4. The standard InChI is InChI=1S/C11H7Cl2N3O2S/c12-7-8(19-16-9(7)13)11(18)15-6-4-2-1-3-5(6)10(14)17/h1-4H,(H2,14,17)(H,15,18). The van der Waals surface area contributed by atoms with Gasteiger partial charge in [-0.1, -0.05) is 35.3 Å². The van der Waals surface area contributed by atoms with E-state index in [9.17, 15) is 9.59 Å². The highest BCUT2D eigenvalue weighted by Gasteiger charge is 2.19. The molecular weight excluding hydrogens is 309 g/mol. The van der Waals surface area contributed by atoms with E-state index in [1.807, 2.05) is 0 Å². The number of carbonyl (C=O) groups is 2. The molecule has 5 nitrogen and oxygen atoms in total. The van der Waals surface area contributed by atoms with Gasteiger partial charge in [0.2, 0.25) is 0 Å². The zero-order chi connectivity index (χ0) is 14.0. The summed E-state index contributed by atoms with van der Waals surface area (Å²) in [7, 11) is 0. The average Bonchev–Trinajstić information content (AvgIpc) is 2.70. The topological polar surface area (TPSA) is 85.1 Å². The van der Waals surface area contributed by atoms with Gasteiger partial charge in [-0.05, 0) is 23.7 Å². The molecule has 8 heteroatoms. The first-order chi connectivity index (χ1) is 9.00. The lowest BCUT2D eigenvalue weighted by Crippen LogP contribution is -2.17. The molecule has 2 aromatic rings. The molecule has 0 unspecified atom stereocenters. The van der Waals surface area contributed by atoms with Crippen LogP contribution in [-0.4, -0.2) is 16.2 Å². The maximum Gasteiger partial charge on any atom is 0.268 e. The molecule has 0 atom stereocenters. The Morgan fingerprint density at radius 3 is 2.53 bits per heavy atom. The van der Waals surface area contributed by atoms with Gasteiger partial charge < -0.3 is 11.1 Å². The molecule has 0 spiro atoms. The van der Waals surface area contributed by atoms with Crippen molar-refractivity contribution in [2.24, 2.45) is 5.73 Å². The van der Waals surface area contributed by atoms with Crippen LogP contribution >= 0.6 is 34.7 Å². The van der Waals surface area contributed by atoms with E-state index in [0.717, 1.165) is 11.5 Å². The Labute approximate surface area is 122 Å². The number of carbonyl (C=O) groups excluding carboxylic acids is 2. The summed E-state index contributed by atoms with van der Waals surface area (Å²) in [6.07, 6.45) is 0. The van der Waals surface area contributed by atoms with Gasteiger partial charge in [0, 0.05) is 0 Å². The van der Waals surface area contributed by atoms with E-state index in [1.54, 1.807) is 18.2 Å². The number of primary amides is 1. The van der Waals surface area contributed by atoms with Crippen molar-refractivity contribution in [1.82, 2.24) is 4.37 Å². The first-order valence-electron chi connectivity index (χ1n) is 5.01. The van der Waals surface area contributed by atoms with Crippen molar-refractivity contribution < 1.29 is 9.59 Å². The van der Waals surface area contributed by atoms with Crippen molar-refractivity contribution in [3.63, 3.8) is 0 Å². The molecule has 1 aromatic carbocycles. The van der Waals surface area contributed by atoms with Crippen LogP contribution in [0.15, 0.2) is 24.3 Å². The van der Waals surface area contributed by atoms with Crippen LogP contribution in [0.1, 0.15) is 20.0 Å². The van der Waals surface area contributed by atoms with Crippen LogP contribution in [0.2, 0.25) is 10.2 Å². The third kappa shape index (κ3) is 2.86. The smallest absolute Gasteiger partial charge is 0.268 e. The second-order valence-electron chi connectivity index (χ2n) is 3.48. The number of rotatable bonds is 3. The number of anilines is 1. The summed E-state index contributed by atoms with van der Waals surface area (Å²) in [6.45, 7) is 0. The second kappa shape index (κ2) is 5.56. The maximum atomic E-state index is 12.0. The Hall–Kier alpha value is -1.63. The van der Waals surface area contributed by atoms with Crippen molar-refractivity contribution in [3.8, 4) is 0 Å². The Morgan fingerprint density at radius 2 is 1.95 bits per heavy atom. The highest BCUT2D eigenvalue weighted by molar-refractivity contribution is 7.09. The van der Waals surface area contributed by atoms with Crippen molar-refractivity contribution >= 4 is 52.2 Å². The van der Waals surface area contributed by atoms with Crippen LogP contribution in [0.5, 0.6) is 0 Å². The lowest BCUT2D eigenvalue weighted by atomic mass is 10.1. The van der Waals surface area contributed by atoms with Gasteiger partial charge in [-0.3, -0.25) is 9.59 Å². The number of benzene rings is 1. The van der Waals surface area contributed by atoms with Gasteiger partial charge in [0.05, 0.1) is 11.3 Å². The number of amides is 2. The average molecular weight is 316 g/mol. The van der Waals surface area contributed by atoms with E-state index in [1.165, 1.54) is 6.07 Å². The molecule has 0 bridgehead atoms. The van der Waals surface area contributed by atoms with Crippen molar-refractivity contribution in [2.45, 2.75) is 0 Å². The minimum atomic E-state index is -0.635. The zero-order valence-electron chi connectivity index (χ0n) is 9.31. The highest BCUT2D eigenvalue weighted by Crippen LogP contribution is 2.29. The number of aromatic nitrogens is 1. The fraction of sp³-hybridized carbons (Fsp3) is 0. The predicted molar refractivity (Wildman–Crippen MR) is 75.0 cm³/mol. The normalized spacial score (nSPS) is 10.2. The Kier molecular flexibility index (Phi) is 4.04. The van der Waals surface area contributed by atoms with Crippen molar-refractivity contribution in [2.75, 3.05) is 5.32 Å². The lowest BCUT2D eigenvalue weighted by molar-refractivity contribution is 0.100. The van der Waals surface area contributed by atoms with Crippen molar-refractivity contribution in [3.05, 3.63) is 44.9 Å². The van der Waals surface area contributed by atoms with E-state index in [2.05, 4.69) is 9.69 Å².